The Bertz CT molecular complexity index is 37.1. The molecule has 0 radical (unpaired) electrons. The summed E-state index contributed by atoms with van der Waals surface area (Å²) in [4.78, 5) is 0. The van der Waals surface area contributed by atoms with Crippen molar-refractivity contribution in [3.8, 4) is 0 Å². The molecule has 0 atom stereocenters. The van der Waals surface area contributed by atoms with Crippen molar-refractivity contribution in [2.45, 2.75) is 65.2 Å². The zero-order chi connectivity index (χ0) is 9.66. The molecule has 13 heavy (non-hydrogen) atoms. The molecule has 0 N–H and O–H groups in total. The Labute approximate surface area is 123 Å². The van der Waals surface area contributed by atoms with Gasteiger partial charge in [-0.2, -0.15) is 12.8 Å². The molecule has 0 rings (SSSR count). The molecule has 0 unspecified atom stereocenters. The quantitative estimate of drug-likeness (QED) is 0.375. The van der Waals surface area contributed by atoms with Crippen molar-refractivity contribution in [3.63, 3.8) is 0 Å². The third-order valence-electron chi connectivity index (χ3n) is 1.71. The first kappa shape index (κ1) is 20.0. The van der Waals surface area contributed by atoms with Crippen LogP contribution in [0.5, 0.6) is 0 Å². The van der Waals surface area contributed by atoms with Gasteiger partial charge in [0, 0.05) is 0 Å². The van der Waals surface area contributed by atoms with Gasteiger partial charge in [0.25, 0.3) is 0 Å². The Morgan fingerprint density at radius 3 is 1.08 bits per heavy atom. The average Bonchev–Trinajstić information content (AvgIpc) is 2.12. The SMILES string of the molecule is [CH2-]CCCCC.[CH2-]CCCCC.[Sr+2]. The van der Waals surface area contributed by atoms with Crippen LogP contribution in [0.3, 0.4) is 0 Å². The molecule has 0 aromatic rings. The number of hydrogen-bond acceptors (Lipinski definition) is 0. The van der Waals surface area contributed by atoms with Crippen LogP contribution < -0.4 is 0 Å². The molecular weight excluding hydrogens is 232 g/mol. The van der Waals surface area contributed by atoms with Gasteiger partial charge in [-0.25, -0.2) is 0 Å². The molecule has 0 nitrogen and oxygen atoms in total. The van der Waals surface area contributed by atoms with Crippen LogP contribution in [-0.4, -0.2) is 45.5 Å². The molecule has 76 valence electrons. The molecule has 0 aliphatic rings. The Hall–Kier alpha value is 1.48. The molecule has 0 spiro atoms. The fraction of sp³-hybridized carbons (Fsp3) is 0.833. The molecule has 0 aliphatic heterocycles. The van der Waals surface area contributed by atoms with Crippen LogP contribution in [0.4, 0.5) is 0 Å². The van der Waals surface area contributed by atoms with Crippen molar-refractivity contribution >= 4 is 45.5 Å². The molecule has 1 heteroatoms. The average molecular weight is 258 g/mol. The smallest absolute Gasteiger partial charge is 0.343 e. The maximum absolute atomic E-state index is 3.72. The summed E-state index contributed by atoms with van der Waals surface area (Å²) in [5, 5.41) is 0. The van der Waals surface area contributed by atoms with Crippen LogP contribution in [0.1, 0.15) is 65.2 Å². The van der Waals surface area contributed by atoms with Gasteiger partial charge >= 0.3 is 45.5 Å². The van der Waals surface area contributed by atoms with E-state index in [0.717, 1.165) is 12.8 Å². The first-order valence-corrected chi connectivity index (χ1v) is 5.41. The van der Waals surface area contributed by atoms with E-state index in [0.29, 0.717) is 0 Å². The second-order valence-electron chi connectivity index (χ2n) is 3.12. The molecule has 0 saturated heterocycles. The van der Waals surface area contributed by atoms with Gasteiger partial charge < -0.3 is 13.8 Å². The first-order chi connectivity index (χ1) is 5.83. The van der Waals surface area contributed by atoms with Gasteiger partial charge in [-0.1, -0.05) is 52.4 Å². The summed E-state index contributed by atoms with van der Waals surface area (Å²) >= 11 is 0. The van der Waals surface area contributed by atoms with Crippen LogP contribution in [-0.2, 0) is 0 Å². The Kier molecular flexibility index (Phi) is 35.9. The van der Waals surface area contributed by atoms with Crippen molar-refractivity contribution < 1.29 is 0 Å². The van der Waals surface area contributed by atoms with E-state index >= 15 is 0 Å². The zero-order valence-electron chi connectivity index (χ0n) is 9.78. The largest absolute Gasteiger partial charge is 2.00 e. The number of hydrogen-bond donors (Lipinski definition) is 0. The topological polar surface area (TPSA) is 0 Å². The van der Waals surface area contributed by atoms with E-state index in [1.54, 1.807) is 0 Å². The fourth-order valence-corrected chi connectivity index (χ4v) is 0.854. The molecule has 0 bridgehead atoms. The zero-order valence-corrected chi connectivity index (χ0v) is 13.3. The van der Waals surface area contributed by atoms with Crippen LogP contribution in [0.25, 0.3) is 0 Å². The summed E-state index contributed by atoms with van der Waals surface area (Å²) in [6.45, 7) is 11.9. The van der Waals surface area contributed by atoms with Gasteiger partial charge in [-0.3, -0.25) is 0 Å². The maximum Gasteiger partial charge on any atom is 2.00 e. The number of rotatable bonds is 6. The van der Waals surface area contributed by atoms with Gasteiger partial charge in [-0.05, 0) is 0 Å². The molecule has 0 fully saturated rings. The van der Waals surface area contributed by atoms with Crippen molar-refractivity contribution in [2.75, 3.05) is 0 Å². The van der Waals surface area contributed by atoms with E-state index in [-0.39, 0.29) is 45.5 Å². The normalized spacial score (nSPS) is 8.31. The first-order valence-electron chi connectivity index (χ1n) is 5.41. The molecule has 0 amide bonds. The van der Waals surface area contributed by atoms with Gasteiger partial charge in [0.15, 0.2) is 0 Å². The van der Waals surface area contributed by atoms with E-state index in [1.807, 2.05) is 0 Å². The van der Waals surface area contributed by atoms with Gasteiger partial charge in [-0.15, -0.1) is 0 Å². The predicted molar refractivity (Wildman–Crippen MR) is 64.8 cm³/mol. The molecular formula is C12H26Sr. The van der Waals surface area contributed by atoms with E-state index in [2.05, 4.69) is 27.7 Å². The summed E-state index contributed by atoms with van der Waals surface area (Å²) in [5.41, 5.74) is 0. The number of unbranched alkanes of at least 4 members (excludes halogenated alkanes) is 6. The van der Waals surface area contributed by atoms with Crippen LogP contribution in [0.15, 0.2) is 0 Å². The van der Waals surface area contributed by atoms with Crippen LogP contribution >= 0.6 is 0 Å². The third-order valence-corrected chi connectivity index (χ3v) is 1.71. The van der Waals surface area contributed by atoms with Crippen molar-refractivity contribution in [1.29, 1.82) is 0 Å². The van der Waals surface area contributed by atoms with E-state index in [4.69, 9.17) is 0 Å². The molecule has 0 aromatic heterocycles. The second-order valence-corrected chi connectivity index (χ2v) is 3.12. The predicted octanol–water partition coefficient (Wildman–Crippen LogP) is 4.42. The Morgan fingerprint density at radius 1 is 0.692 bits per heavy atom. The van der Waals surface area contributed by atoms with E-state index in [9.17, 15) is 0 Å². The van der Waals surface area contributed by atoms with Crippen LogP contribution in [0.2, 0.25) is 0 Å². The van der Waals surface area contributed by atoms with Crippen molar-refractivity contribution in [2.24, 2.45) is 0 Å². The summed E-state index contributed by atoms with van der Waals surface area (Å²) in [5.74, 6) is 0. The summed E-state index contributed by atoms with van der Waals surface area (Å²) < 4.78 is 0. The molecule has 0 saturated carbocycles. The van der Waals surface area contributed by atoms with Gasteiger partial charge in [0.05, 0.1) is 0 Å². The monoisotopic (exact) mass is 258 g/mol. The van der Waals surface area contributed by atoms with Crippen molar-refractivity contribution in [3.05, 3.63) is 13.8 Å². The summed E-state index contributed by atoms with van der Waals surface area (Å²) in [6.07, 6.45) is 10.1. The van der Waals surface area contributed by atoms with Gasteiger partial charge in [0.2, 0.25) is 0 Å². The third kappa shape index (κ3) is 31.8. The van der Waals surface area contributed by atoms with E-state index in [1.165, 1.54) is 38.5 Å². The van der Waals surface area contributed by atoms with E-state index < -0.39 is 0 Å². The summed E-state index contributed by atoms with van der Waals surface area (Å²) in [7, 11) is 0. The Morgan fingerprint density at radius 2 is 1.00 bits per heavy atom. The molecule has 0 aromatic carbocycles. The minimum Gasteiger partial charge on any atom is -0.343 e. The molecule has 0 aliphatic carbocycles. The minimum atomic E-state index is 0. The van der Waals surface area contributed by atoms with Crippen LogP contribution in [0, 0.1) is 13.8 Å². The Balaban J connectivity index is -0.000000143. The standard InChI is InChI=1S/2C6H13.Sr/c2*1-3-5-6-4-2;/h2*1,3-6H2,2H3;/q2*-1;+2. The molecule has 0 heterocycles. The second kappa shape index (κ2) is 23.4. The fourth-order valence-electron chi connectivity index (χ4n) is 0.854. The van der Waals surface area contributed by atoms with Crippen molar-refractivity contribution in [1.82, 2.24) is 0 Å². The maximum atomic E-state index is 3.72. The minimum absolute atomic E-state index is 0. The summed E-state index contributed by atoms with van der Waals surface area (Å²) in [6, 6.07) is 0. The van der Waals surface area contributed by atoms with Gasteiger partial charge in [0.1, 0.15) is 0 Å².